The molecule has 3 aromatic rings. The first-order valence-electron chi connectivity index (χ1n) is 8.55. The highest BCUT2D eigenvalue weighted by Crippen LogP contribution is 2.28. The minimum atomic E-state index is -0.272. The van der Waals surface area contributed by atoms with Gasteiger partial charge in [-0.3, -0.25) is 4.79 Å². The molecule has 1 amide bonds. The predicted octanol–water partition coefficient (Wildman–Crippen LogP) is 3.57. The van der Waals surface area contributed by atoms with Gasteiger partial charge in [0.05, 0.1) is 16.9 Å². The highest BCUT2D eigenvalue weighted by Gasteiger charge is 2.14. The number of carbonyl (C=O) groups is 1. The van der Waals surface area contributed by atoms with E-state index in [4.69, 9.17) is 17.3 Å². The van der Waals surface area contributed by atoms with Gasteiger partial charge in [-0.2, -0.15) is 0 Å². The van der Waals surface area contributed by atoms with Crippen molar-refractivity contribution in [3.05, 3.63) is 51.7 Å². The molecule has 0 aliphatic rings. The summed E-state index contributed by atoms with van der Waals surface area (Å²) in [5.74, 6) is 1.58. The highest BCUT2D eigenvalue weighted by molar-refractivity contribution is 7.17. The number of carbonyl (C=O) groups excluding carboxylic acids is 1. The second-order valence-electron chi connectivity index (χ2n) is 5.94. The van der Waals surface area contributed by atoms with Crippen LogP contribution < -0.4 is 21.7 Å². The molecule has 0 radical (unpaired) electrons. The van der Waals surface area contributed by atoms with Crippen LogP contribution in [-0.4, -0.2) is 33.9 Å². The summed E-state index contributed by atoms with van der Waals surface area (Å²) in [5.41, 5.74) is 6.99. The summed E-state index contributed by atoms with van der Waals surface area (Å²) >= 11 is 7.39. The molecule has 28 heavy (non-hydrogen) atoms. The maximum Gasteiger partial charge on any atom is 0.267 e. The van der Waals surface area contributed by atoms with Crippen molar-refractivity contribution < 1.29 is 4.79 Å². The topological polar surface area (TPSA) is 118 Å². The average molecular weight is 418 g/mol. The third-order valence-corrected chi connectivity index (χ3v) is 4.94. The molecule has 0 fully saturated rings. The van der Waals surface area contributed by atoms with E-state index in [0.29, 0.717) is 51.3 Å². The van der Waals surface area contributed by atoms with Gasteiger partial charge in [-0.15, -0.1) is 0 Å². The number of rotatable bonds is 7. The minimum absolute atomic E-state index is 0.272. The molecule has 0 saturated heterocycles. The summed E-state index contributed by atoms with van der Waals surface area (Å²) < 4.78 is 0. The lowest BCUT2D eigenvalue weighted by Crippen LogP contribution is -2.14. The molecule has 0 saturated carbocycles. The van der Waals surface area contributed by atoms with Gasteiger partial charge in [0.15, 0.2) is 5.13 Å². The van der Waals surface area contributed by atoms with Crippen LogP contribution in [0.5, 0.6) is 0 Å². The molecule has 0 bridgehead atoms. The lowest BCUT2D eigenvalue weighted by Gasteiger charge is -2.09. The van der Waals surface area contributed by atoms with Crippen molar-refractivity contribution in [2.24, 2.45) is 5.73 Å². The van der Waals surface area contributed by atoms with Crippen LogP contribution in [0.1, 0.15) is 21.1 Å². The Morgan fingerprint density at radius 1 is 1.25 bits per heavy atom. The van der Waals surface area contributed by atoms with E-state index in [1.54, 1.807) is 19.1 Å². The van der Waals surface area contributed by atoms with Crippen molar-refractivity contribution in [3.63, 3.8) is 0 Å². The summed E-state index contributed by atoms with van der Waals surface area (Å²) in [6.07, 6.45) is 1.51. The second-order valence-corrected chi connectivity index (χ2v) is 7.38. The third kappa shape index (κ3) is 4.94. The zero-order valence-electron chi connectivity index (χ0n) is 15.4. The molecule has 5 N–H and O–H groups in total. The van der Waals surface area contributed by atoms with Gasteiger partial charge in [-0.25, -0.2) is 15.0 Å². The summed E-state index contributed by atoms with van der Waals surface area (Å²) in [4.78, 5) is 25.9. The summed E-state index contributed by atoms with van der Waals surface area (Å²) in [6.45, 7) is 4.79. The van der Waals surface area contributed by atoms with Crippen LogP contribution in [0.25, 0.3) is 0 Å². The van der Waals surface area contributed by atoms with Crippen LogP contribution in [0.2, 0.25) is 5.02 Å². The molecular weight excluding hydrogens is 398 g/mol. The maximum atomic E-state index is 12.5. The fourth-order valence-corrected chi connectivity index (χ4v) is 3.42. The fraction of sp³-hybridized carbons (Fsp3) is 0.222. The van der Waals surface area contributed by atoms with Gasteiger partial charge in [-0.05, 0) is 25.5 Å². The van der Waals surface area contributed by atoms with Gasteiger partial charge in [0, 0.05) is 19.2 Å². The zero-order chi connectivity index (χ0) is 20.1. The SMILES string of the molecule is Cc1nc(NCCN)cc(Nc2ncc(C(=O)Nc3c(C)cccc3Cl)s2)n1. The molecule has 1 aromatic carbocycles. The second kappa shape index (κ2) is 8.96. The summed E-state index contributed by atoms with van der Waals surface area (Å²) in [6, 6.07) is 7.21. The Balaban J connectivity index is 1.72. The van der Waals surface area contributed by atoms with Crippen molar-refractivity contribution in [2.75, 3.05) is 29.0 Å². The molecule has 146 valence electrons. The van der Waals surface area contributed by atoms with Crippen molar-refractivity contribution in [1.82, 2.24) is 15.0 Å². The van der Waals surface area contributed by atoms with Crippen LogP contribution >= 0.6 is 22.9 Å². The molecule has 2 heterocycles. The number of thiazole rings is 1. The first-order chi connectivity index (χ1) is 13.5. The zero-order valence-corrected chi connectivity index (χ0v) is 17.0. The van der Waals surface area contributed by atoms with E-state index in [-0.39, 0.29) is 5.91 Å². The van der Waals surface area contributed by atoms with Gasteiger partial charge in [-0.1, -0.05) is 35.1 Å². The number of nitrogens with one attached hydrogen (secondary N) is 3. The number of hydrogen-bond acceptors (Lipinski definition) is 8. The molecule has 2 aromatic heterocycles. The van der Waals surface area contributed by atoms with Gasteiger partial charge in [0.1, 0.15) is 22.3 Å². The standard InChI is InChI=1S/C18H20ClN7OS/c1-10-4-3-5-12(19)16(10)26-17(27)13-9-22-18(28-13)25-15-8-14(21-7-6-20)23-11(2)24-15/h3-5,8-9H,6-7,20H2,1-2H3,(H,26,27)(H2,21,22,23,24,25). The molecule has 0 spiro atoms. The van der Waals surface area contributed by atoms with E-state index >= 15 is 0 Å². The molecule has 0 aliphatic heterocycles. The van der Waals surface area contributed by atoms with Crippen LogP contribution in [0.15, 0.2) is 30.5 Å². The van der Waals surface area contributed by atoms with Crippen molar-refractivity contribution >= 4 is 51.3 Å². The lowest BCUT2D eigenvalue weighted by molar-refractivity contribution is 0.103. The number of nitrogens with zero attached hydrogens (tertiary/aromatic N) is 3. The van der Waals surface area contributed by atoms with Gasteiger partial charge in [0.2, 0.25) is 0 Å². The first-order valence-corrected chi connectivity index (χ1v) is 9.74. The van der Waals surface area contributed by atoms with E-state index in [9.17, 15) is 4.79 Å². The summed E-state index contributed by atoms with van der Waals surface area (Å²) in [7, 11) is 0. The first kappa shape index (κ1) is 20.0. The number of anilines is 4. The van der Waals surface area contributed by atoms with Crippen molar-refractivity contribution in [1.29, 1.82) is 0 Å². The summed E-state index contributed by atoms with van der Waals surface area (Å²) in [5, 5.41) is 10.1. The molecule has 0 aliphatic carbocycles. The molecule has 10 heteroatoms. The fourth-order valence-electron chi connectivity index (χ4n) is 2.43. The Hall–Kier alpha value is -2.75. The number of hydrogen-bond donors (Lipinski definition) is 4. The Morgan fingerprint density at radius 2 is 2.04 bits per heavy atom. The van der Waals surface area contributed by atoms with Gasteiger partial charge >= 0.3 is 0 Å². The van der Waals surface area contributed by atoms with Crippen LogP contribution in [0, 0.1) is 13.8 Å². The molecular formula is C18H20ClN7OS. The van der Waals surface area contributed by atoms with Crippen LogP contribution in [0.3, 0.4) is 0 Å². The number of nitrogens with two attached hydrogens (primary N) is 1. The van der Waals surface area contributed by atoms with Crippen molar-refractivity contribution in [2.45, 2.75) is 13.8 Å². The third-order valence-electron chi connectivity index (χ3n) is 3.71. The van der Waals surface area contributed by atoms with E-state index in [1.807, 2.05) is 19.1 Å². The number of aryl methyl sites for hydroxylation is 2. The minimum Gasteiger partial charge on any atom is -0.369 e. The number of aromatic nitrogens is 3. The molecule has 8 nitrogen and oxygen atoms in total. The van der Waals surface area contributed by atoms with Crippen LogP contribution in [0.4, 0.5) is 22.5 Å². The van der Waals surface area contributed by atoms with Crippen LogP contribution in [-0.2, 0) is 0 Å². The quantitative estimate of drug-likeness (QED) is 0.464. The van der Waals surface area contributed by atoms with Crippen molar-refractivity contribution in [3.8, 4) is 0 Å². The lowest BCUT2D eigenvalue weighted by atomic mass is 10.2. The van der Waals surface area contributed by atoms with E-state index in [0.717, 1.165) is 5.56 Å². The normalized spacial score (nSPS) is 10.6. The number of amides is 1. The highest BCUT2D eigenvalue weighted by atomic mass is 35.5. The number of para-hydroxylation sites is 1. The van der Waals surface area contributed by atoms with Gasteiger partial charge < -0.3 is 21.7 Å². The van der Waals surface area contributed by atoms with E-state index in [1.165, 1.54) is 17.5 Å². The number of benzene rings is 1. The molecule has 3 rings (SSSR count). The number of halogens is 1. The Labute approximate surface area is 171 Å². The Kier molecular flexibility index (Phi) is 6.40. The van der Waals surface area contributed by atoms with Gasteiger partial charge in [0.25, 0.3) is 5.91 Å². The Bertz CT molecular complexity index is 972. The van der Waals surface area contributed by atoms with E-state index in [2.05, 4.69) is 30.9 Å². The average Bonchev–Trinajstić information content (AvgIpc) is 3.11. The predicted molar refractivity (Wildman–Crippen MR) is 114 cm³/mol. The Morgan fingerprint density at radius 3 is 2.79 bits per heavy atom. The smallest absolute Gasteiger partial charge is 0.267 e. The monoisotopic (exact) mass is 417 g/mol. The van der Waals surface area contributed by atoms with E-state index < -0.39 is 0 Å². The maximum absolute atomic E-state index is 12.5. The largest absolute Gasteiger partial charge is 0.369 e. The molecule has 0 unspecified atom stereocenters. The molecule has 0 atom stereocenters.